The summed E-state index contributed by atoms with van der Waals surface area (Å²) in [6.07, 6.45) is 1.56. The Labute approximate surface area is 162 Å². The fraction of sp³-hybridized carbons (Fsp3) is 0.100. The first-order chi connectivity index (χ1) is 13.5. The quantitative estimate of drug-likeness (QED) is 0.386. The third-order valence-corrected chi connectivity index (χ3v) is 3.91. The normalized spacial score (nSPS) is 11.9. The monoisotopic (exact) mass is 376 g/mol. The molecule has 0 saturated carbocycles. The molecule has 4 N–H and O–H groups in total. The van der Waals surface area contributed by atoms with E-state index in [0.29, 0.717) is 28.4 Å². The predicted molar refractivity (Wildman–Crippen MR) is 110 cm³/mol. The molecule has 0 spiro atoms. The number of benzene rings is 2. The van der Waals surface area contributed by atoms with Crippen molar-refractivity contribution >= 4 is 23.2 Å². The number of hydrazone groups is 2. The third kappa shape index (κ3) is 4.61. The van der Waals surface area contributed by atoms with E-state index < -0.39 is 0 Å². The Morgan fingerprint density at radius 3 is 1.89 bits per heavy atom. The average Bonchev–Trinajstić information content (AvgIpc) is 2.71. The number of nitrogens with one attached hydrogen (secondary N) is 2. The first-order valence-electron chi connectivity index (χ1n) is 8.55. The molecule has 0 aliphatic heterocycles. The van der Waals surface area contributed by atoms with Crippen LogP contribution in [0.5, 0.6) is 11.5 Å². The molecule has 8 nitrogen and oxygen atoms in total. The number of aromatic nitrogens is 2. The molecule has 0 radical (unpaired) electrons. The molecule has 0 unspecified atom stereocenters. The highest BCUT2D eigenvalue weighted by Gasteiger charge is 2.05. The maximum atomic E-state index is 9.88. The molecule has 28 heavy (non-hydrogen) atoms. The van der Waals surface area contributed by atoms with Gasteiger partial charge in [0.15, 0.2) is 5.82 Å². The van der Waals surface area contributed by atoms with Crippen LogP contribution in [0.15, 0.2) is 71.0 Å². The van der Waals surface area contributed by atoms with Crippen molar-refractivity contribution < 1.29 is 10.2 Å². The van der Waals surface area contributed by atoms with Gasteiger partial charge < -0.3 is 10.2 Å². The van der Waals surface area contributed by atoms with Crippen molar-refractivity contribution in [3.8, 4) is 11.5 Å². The Hall–Kier alpha value is -3.94. The van der Waals surface area contributed by atoms with E-state index in [1.807, 2.05) is 12.1 Å². The Bertz CT molecular complexity index is 954. The van der Waals surface area contributed by atoms with Gasteiger partial charge in [-0.2, -0.15) is 15.2 Å². The van der Waals surface area contributed by atoms with E-state index in [1.54, 1.807) is 62.5 Å². The largest absolute Gasteiger partial charge is 0.507 e. The number of phenols is 2. The number of nitrogens with zero attached hydrogens (tertiary/aromatic N) is 4. The van der Waals surface area contributed by atoms with Crippen molar-refractivity contribution in [2.24, 2.45) is 10.2 Å². The van der Waals surface area contributed by atoms with Crippen LogP contribution in [0.4, 0.5) is 11.8 Å². The second-order valence-corrected chi connectivity index (χ2v) is 5.92. The highest BCUT2D eigenvalue weighted by molar-refractivity contribution is 6.01. The first-order valence-corrected chi connectivity index (χ1v) is 8.55. The van der Waals surface area contributed by atoms with E-state index in [9.17, 15) is 10.2 Å². The van der Waals surface area contributed by atoms with Crippen LogP contribution < -0.4 is 10.9 Å². The second kappa shape index (κ2) is 8.63. The van der Waals surface area contributed by atoms with Gasteiger partial charge in [0.25, 0.3) is 0 Å². The maximum absolute atomic E-state index is 9.88. The molecule has 0 saturated heterocycles. The minimum Gasteiger partial charge on any atom is -0.507 e. The van der Waals surface area contributed by atoms with Crippen LogP contribution in [0, 0.1) is 0 Å². The van der Waals surface area contributed by atoms with Gasteiger partial charge in [0.05, 0.1) is 11.4 Å². The summed E-state index contributed by atoms with van der Waals surface area (Å²) in [6.45, 7) is 3.55. The van der Waals surface area contributed by atoms with E-state index in [-0.39, 0.29) is 17.4 Å². The smallest absolute Gasteiger partial charge is 0.245 e. The Balaban J connectivity index is 1.71. The van der Waals surface area contributed by atoms with E-state index in [2.05, 4.69) is 31.0 Å². The van der Waals surface area contributed by atoms with Crippen molar-refractivity contribution in [2.45, 2.75) is 13.8 Å². The molecule has 0 bridgehead atoms. The number of aromatic hydroxyl groups is 2. The van der Waals surface area contributed by atoms with Crippen LogP contribution in [0.25, 0.3) is 0 Å². The lowest BCUT2D eigenvalue weighted by Gasteiger charge is -2.07. The minimum absolute atomic E-state index is 0.149. The molecule has 142 valence electrons. The third-order valence-electron chi connectivity index (χ3n) is 3.91. The van der Waals surface area contributed by atoms with Crippen molar-refractivity contribution in [1.29, 1.82) is 0 Å². The fourth-order valence-corrected chi connectivity index (χ4v) is 2.43. The summed E-state index contributed by atoms with van der Waals surface area (Å²) in [5.74, 6) is 1.04. The van der Waals surface area contributed by atoms with Crippen LogP contribution >= 0.6 is 0 Å². The first kappa shape index (κ1) is 18.8. The molecule has 3 rings (SSSR count). The van der Waals surface area contributed by atoms with Gasteiger partial charge in [-0.1, -0.05) is 24.3 Å². The predicted octanol–water partition coefficient (Wildman–Crippen LogP) is 3.56. The number of phenolic OH excluding ortho intramolecular Hbond substituents is 2. The molecule has 1 aromatic heterocycles. The van der Waals surface area contributed by atoms with Crippen LogP contribution in [-0.2, 0) is 0 Å². The summed E-state index contributed by atoms with van der Waals surface area (Å²) in [5.41, 5.74) is 8.05. The molecule has 0 aliphatic rings. The lowest BCUT2D eigenvalue weighted by atomic mass is 10.1. The van der Waals surface area contributed by atoms with Gasteiger partial charge in [-0.05, 0) is 38.1 Å². The SMILES string of the molecule is C/C(=N\Nc1ccnc(N/N=C(\C)c2ccccc2O)n1)c1ccccc1O. The molecule has 0 atom stereocenters. The summed E-state index contributed by atoms with van der Waals surface area (Å²) in [7, 11) is 0. The summed E-state index contributed by atoms with van der Waals surface area (Å²) in [6, 6.07) is 15.5. The number of para-hydroxylation sites is 2. The standard InChI is InChI=1S/C20H20N6O2/c1-13(15-7-3-5-9-17(15)27)23-25-19-11-12-21-20(22-19)26-24-14(2)16-8-4-6-10-18(16)28/h3-12,27-28H,1-2H3,(H2,21,22,25,26)/b23-13+,24-14+. The van der Waals surface area contributed by atoms with E-state index >= 15 is 0 Å². The highest BCUT2D eigenvalue weighted by Crippen LogP contribution is 2.18. The van der Waals surface area contributed by atoms with Crippen molar-refractivity contribution in [3.05, 3.63) is 71.9 Å². The van der Waals surface area contributed by atoms with E-state index in [0.717, 1.165) is 0 Å². The topological polar surface area (TPSA) is 115 Å². The molecule has 2 aromatic carbocycles. The van der Waals surface area contributed by atoms with Crippen molar-refractivity contribution in [2.75, 3.05) is 10.9 Å². The van der Waals surface area contributed by atoms with Crippen molar-refractivity contribution in [1.82, 2.24) is 9.97 Å². The lowest BCUT2D eigenvalue weighted by Crippen LogP contribution is -2.05. The van der Waals surface area contributed by atoms with Crippen LogP contribution in [0.2, 0.25) is 0 Å². The number of anilines is 2. The van der Waals surface area contributed by atoms with Gasteiger partial charge in [-0.15, -0.1) is 0 Å². The summed E-state index contributed by atoms with van der Waals surface area (Å²) in [5, 5.41) is 28.2. The van der Waals surface area contributed by atoms with E-state index in [4.69, 9.17) is 0 Å². The van der Waals surface area contributed by atoms with Crippen molar-refractivity contribution in [3.63, 3.8) is 0 Å². The number of hydrogen-bond acceptors (Lipinski definition) is 8. The van der Waals surface area contributed by atoms with Crippen LogP contribution in [0.1, 0.15) is 25.0 Å². The van der Waals surface area contributed by atoms with E-state index in [1.165, 1.54) is 0 Å². The van der Waals surface area contributed by atoms with Gasteiger partial charge in [0, 0.05) is 23.4 Å². The summed E-state index contributed by atoms with van der Waals surface area (Å²) < 4.78 is 0. The Kier molecular flexibility index (Phi) is 5.81. The fourth-order valence-electron chi connectivity index (χ4n) is 2.43. The van der Waals surface area contributed by atoms with Gasteiger partial charge >= 0.3 is 0 Å². The minimum atomic E-state index is 0.149. The summed E-state index contributed by atoms with van der Waals surface area (Å²) >= 11 is 0. The summed E-state index contributed by atoms with van der Waals surface area (Å²) in [4.78, 5) is 8.38. The van der Waals surface area contributed by atoms with Crippen LogP contribution in [-0.4, -0.2) is 31.6 Å². The average molecular weight is 376 g/mol. The number of hydrogen-bond donors (Lipinski definition) is 4. The molecule has 1 heterocycles. The molecule has 0 aliphatic carbocycles. The highest BCUT2D eigenvalue weighted by atomic mass is 16.3. The Morgan fingerprint density at radius 1 is 0.786 bits per heavy atom. The second-order valence-electron chi connectivity index (χ2n) is 5.92. The van der Waals surface area contributed by atoms with Gasteiger partial charge in [-0.3, -0.25) is 5.43 Å². The van der Waals surface area contributed by atoms with Gasteiger partial charge in [-0.25, -0.2) is 10.4 Å². The molecule has 0 amide bonds. The zero-order valence-electron chi connectivity index (χ0n) is 15.5. The molecular formula is C20H20N6O2. The van der Waals surface area contributed by atoms with Crippen LogP contribution in [0.3, 0.4) is 0 Å². The zero-order valence-corrected chi connectivity index (χ0v) is 15.5. The number of rotatable bonds is 6. The lowest BCUT2D eigenvalue weighted by molar-refractivity contribution is 0.473. The van der Waals surface area contributed by atoms with Gasteiger partial charge in [0.1, 0.15) is 11.5 Å². The maximum Gasteiger partial charge on any atom is 0.245 e. The molecule has 8 heteroatoms. The Morgan fingerprint density at radius 2 is 1.32 bits per heavy atom. The molecule has 0 fully saturated rings. The van der Waals surface area contributed by atoms with Gasteiger partial charge in [0.2, 0.25) is 5.95 Å². The molecule has 3 aromatic rings. The zero-order chi connectivity index (χ0) is 19.9. The molecular weight excluding hydrogens is 356 g/mol.